The van der Waals surface area contributed by atoms with Crippen LogP contribution in [-0.4, -0.2) is 34.4 Å². The van der Waals surface area contributed by atoms with Crippen LogP contribution in [0.4, 0.5) is 13.2 Å². The van der Waals surface area contributed by atoms with E-state index in [0.29, 0.717) is 11.1 Å². The van der Waals surface area contributed by atoms with E-state index in [0.717, 1.165) is 22.5 Å². The molecule has 0 aliphatic carbocycles. The van der Waals surface area contributed by atoms with Gasteiger partial charge in [0, 0.05) is 23.1 Å². The number of rotatable bonds is 8. The van der Waals surface area contributed by atoms with E-state index in [1.165, 1.54) is 30.3 Å². The van der Waals surface area contributed by atoms with E-state index in [4.69, 9.17) is 0 Å². The van der Waals surface area contributed by atoms with Gasteiger partial charge in [0.15, 0.2) is 0 Å². The van der Waals surface area contributed by atoms with Gasteiger partial charge in [-0.1, -0.05) is 36.4 Å². The highest BCUT2D eigenvalue weighted by Gasteiger charge is 2.33. The summed E-state index contributed by atoms with van der Waals surface area (Å²) in [6.07, 6.45) is -3.11. The number of H-pyrrole nitrogens is 1. The van der Waals surface area contributed by atoms with Crippen LogP contribution >= 0.6 is 0 Å². The molecule has 1 aromatic heterocycles. The van der Waals surface area contributed by atoms with Crippen molar-refractivity contribution >= 4 is 22.8 Å². The summed E-state index contributed by atoms with van der Waals surface area (Å²) in [5.41, 5.74) is 1.99. The van der Waals surface area contributed by atoms with E-state index in [-0.39, 0.29) is 18.4 Å². The van der Waals surface area contributed by atoms with E-state index in [2.05, 4.69) is 15.0 Å². The van der Waals surface area contributed by atoms with Crippen molar-refractivity contribution in [3.63, 3.8) is 0 Å². The third-order valence-corrected chi connectivity index (χ3v) is 5.71. The number of carbonyl (C=O) groups excluding carboxylic acids is 1. The third kappa shape index (κ3) is 6.08. The molecule has 7 nitrogen and oxygen atoms in total. The predicted molar refractivity (Wildman–Crippen MR) is 129 cm³/mol. The number of aromatic amines is 1. The molecule has 10 heteroatoms. The molecule has 0 spiro atoms. The van der Waals surface area contributed by atoms with Crippen LogP contribution in [0.2, 0.25) is 0 Å². The fourth-order valence-electron chi connectivity index (χ4n) is 4.05. The van der Waals surface area contributed by atoms with Crippen molar-refractivity contribution in [1.29, 1.82) is 5.26 Å². The zero-order valence-electron chi connectivity index (χ0n) is 19.2. The monoisotopic (exact) mass is 507 g/mol. The number of benzene rings is 3. The van der Waals surface area contributed by atoms with Gasteiger partial charge >= 0.3 is 12.3 Å². The number of para-hydroxylation sites is 1. The van der Waals surface area contributed by atoms with Crippen molar-refractivity contribution in [2.24, 2.45) is 0 Å². The molecule has 0 aliphatic rings. The second-order valence-corrected chi connectivity index (χ2v) is 8.24. The summed E-state index contributed by atoms with van der Waals surface area (Å²) in [4.78, 5) is 27.7. The minimum atomic E-state index is -5.05. The molecule has 0 fully saturated rings. The molecular weight excluding hydrogens is 487 g/mol. The number of aromatic carboxylic acids is 1. The Morgan fingerprint density at radius 1 is 1.05 bits per heavy atom. The molecule has 0 aliphatic heterocycles. The lowest BCUT2D eigenvalue weighted by atomic mass is 9.99. The van der Waals surface area contributed by atoms with Crippen LogP contribution in [0.15, 0.2) is 72.9 Å². The van der Waals surface area contributed by atoms with Crippen molar-refractivity contribution in [2.45, 2.75) is 25.2 Å². The molecule has 1 amide bonds. The molecule has 4 aromatic rings. The van der Waals surface area contributed by atoms with Crippen LogP contribution < -0.4 is 10.1 Å². The predicted octanol–water partition coefficient (Wildman–Crippen LogP) is 5.69. The zero-order chi connectivity index (χ0) is 26.6. The maximum absolute atomic E-state index is 13.2. The van der Waals surface area contributed by atoms with Gasteiger partial charge in [0.2, 0.25) is 0 Å². The van der Waals surface area contributed by atoms with Crippen LogP contribution in [-0.2, 0) is 6.42 Å². The number of hydrogen-bond acceptors (Lipinski definition) is 4. The van der Waals surface area contributed by atoms with E-state index in [1.807, 2.05) is 30.3 Å². The molecular formula is C27H20F3N3O4. The number of nitrogens with zero attached hydrogens (tertiary/aromatic N) is 1. The summed E-state index contributed by atoms with van der Waals surface area (Å²) < 4.78 is 43.3. The molecule has 0 saturated carbocycles. The first kappa shape index (κ1) is 25.3. The molecule has 3 N–H and O–H groups in total. The van der Waals surface area contributed by atoms with Crippen molar-refractivity contribution in [3.05, 3.63) is 89.6 Å². The van der Waals surface area contributed by atoms with Gasteiger partial charge in [-0.05, 0) is 53.4 Å². The molecule has 1 atom stereocenters. The van der Waals surface area contributed by atoms with E-state index >= 15 is 0 Å². The average Bonchev–Trinajstić information content (AvgIpc) is 3.26. The van der Waals surface area contributed by atoms with E-state index in [1.54, 1.807) is 12.3 Å². The Morgan fingerprint density at radius 3 is 2.54 bits per heavy atom. The Hall–Kier alpha value is -4.78. The third-order valence-electron chi connectivity index (χ3n) is 5.71. The van der Waals surface area contributed by atoms with Crippen LogP contribution in [0.1, 0.15) is 32.7 Å². The van der Waals surface area contributed by atoms with Crippen LogP contribution in [0.25, 0.3) is 22.0 Å². The molecule has 0 saturated heterocycles. The van der Waals surface area contributed by atoms with Gasteiger partial charge in [0.1, 0.15) is 5.75 Å². The van der Waals surface area contributed by atoms with Crippen molar-refractivity contribution in [2.75, 3.05) is 0 Å². The van der Waals surface area contributed by atoms with E-state index < -0.39 is 35.6 Å². The lowest BCUT2D eigenvalue weighted by Gasteiger charge is -2.19. The first-order valence-corrected chi connectivity index (χ1v) is 11.1. The molecule has 4 rings (SSSR count). The second-order valence-electron chi connectivity index (χ2n) is 8.24. The highest BCUT2D eigenvalue weighted by molar-refractivity contribution is 5.99. The quantitative estimate of drug-likeness (QED) is 0.284. The number of nitriles is 1. The molecule has 1 unspecified atom stereocenters. The van der Waals surface area contributed by atoms with Gasteiger partial charge in [-0.3, -0.25) is 4.79 Å². The number of carboxylic acid groups (broad SMARTS) is 1. The Bertz CT molecular complexity index is 1500. The second kappa shape index (κ2) is 10.5. The molecule has 1 heterocycles. The summed E-state index contributed by atoms with van der Waals surface area (Å²) >= 11 is 0. The summed E-state index contributed by atoms with van der Waals surface area (Å²) in [5.74, 6) is -2.75. The van der Waals surface area contributed by atoms with Gasteiger partial charge in [-0.15, -0.1) is 13.2 Å². The summed E-state index contributed by atoms with van der Waals surface area (Å²) in [6, 6.07) is 18.1. The minimum absolute atomic E-state index is 0.0214. The smallest absolute Gasteiger partial charge is 0.478 e. The summed E-state index contributed by atoms with van der Waals surface area (Å²) in [5, 5.41) is 22.1. The van der Waals surface area contributed by atoms with Gasteiger partial charge in [-0.2, -0.15) is 5.26 Å². The van der Waals surface area contributed by atoms with Gasteiger partial charge in [-0.25, -0.2) is 4.79 Å². The number of hydrogen-bond donors (Lipinski definition) is 3. The maximum atomic E-state index is 13.2. The summed E-state index contributed by atoms with van der Waals surface area (Å²) in [6.45, 7) is 0. The van der Waals surface area contributed by atoms with Gasteiger partial charge in [0.05, 0.1) is 23.6 Å². The van der Waals surface area contributed by atoms with Crippen LogP contribution in [0, 0.1) is 11.3 Å². The number of halogens is 3. The number of nitrogens with one attached hydrogen (secondary N) is 2. The standard InChI is InChI=1S/C27H20F3N3O4/c28-27(29,30)37-24-9-8-17(16-4-3-5-18(12-16)26(35)36)14-22(24)25(34)33-20(10-11-31)13-19-15-32-23-7-2-1-6-21(19)23/h1-9,12,14-15,20,32H,10,13H2,(H,33,34)(H,35,36). The number of alkyl halides is 3. The number of carboxylic acids is 1. The topological polar surface area (TPSA) is 115 Å². The van der Waals surface area contributed by atoms with Crippen LogP contribution in [0.3, 0.4) is 0 Å². The molecule has 37 heavy (non-hydrogen) atoms. The van der Waals surface area contributed by atoms with Gasteiger partial charge < -0.3 is 20.1 Å². The van der Waals surface area contributed by atoms with Crippen molar-refractivity contribution in [3.8, 4) is 22.9 Å². The van der Waals surface area contributed by atoms with E-state index in [9.17, 15) is 33.1 Å². The number of ether oxygens (including phenoxy) is 1. The number of aromatic nitrogens is 1. The molecule has 0 bridgehead atoms. The number of fused-ring (bicyclic) bond motifs is 1. The van der Waals surface area contributed by atoms with Crippen molar-refractivity contribution < 1.29 is 32.6 Å². The number of amides is 1. The minimum Gasteiger partial charge on any atom is -0.478 e. The molecule has 188 valence electrons. The fourth-order valence-corrected chi connectivity index (χ4v) is 4.05. The maximum Gasteiger partial charge on any atom is 0.573 e. The molecule has 0 radical (unpaired) electrons. The highest BCUT2D eigenvalue weighted by atomic mass is 19.4. The first-order valence-electron chi connectivity index (χ1n) is 11.1. The number of carbonyl (C=O) groups is 2. The Labute approximate surface area is 209 Å². The SMILES string of the molecule is N#CCC(Cc1c[nH]c2ccccc12)NC(=O)c1cc(-c2cccc(C(=O)O)c2)ccc1OC(F)(F)F. The Kier molecular flexibility index (Phi) is 7.15. The lowest BCUT2D eigenvalue weighted by molar-refractivity contribution is -0.274. The normalized spacial score (nSPS) is 12.1. The average molecular weight is 507 g/mol. The van der Waals surface area contributed by atoms with Crippen molar-refractivity contribution in [1.82, 2.24) is 10.3 Å². The largest absolute Gasteiger partial charge is 0.573 e. The Morgan fingerprint density at radius 2 is 1.81 bits per heavy atom. The fraction of sp³-hybridized carbons (Fsp3) is 0.148. The Balaban J connectivity index is 1.67. The first-order chi connectivity index (χ1) is 17.6. The lowest BCUT2D eigenvalue weighted by Crippen LogP contribution is -2.36. The summed E-state index contributed by atoms with van der Waals surface area (Å²) in [7, 11) is 0. The van der Waals surface area contributed by atoms with Gasteiger partial charge in [0.25, 0.3) is 5.91 Å². The zero-order valence-corrected chi connectivity index (χ0v) is 19.2. The highest BCUT2D eigenvalue weighted by Crippen LogP contribution is 2.31. The van der Waals surface area contributed by atoms with Crippen LogP contribution in [0.5, 0.6) is 5.75 Å². The molecule has 3 aromatic carbocycles.